The highest BCUT2D eigenvalue weighted by atomic mass is 35.5. The highest BCUT2D eigenvalue weighted by Gasteiger charge is 2.29. The largest absolute Gasteiger partial charge is 0.312 e. The number of hydrogen-bond donors (Lipinski definition) is 1. The van der Waals surface area contributed by atoms with Crippen LogP contribution in [0.15, 0.2) is 18.2 Å². The van der Waals surface area contributed by atoms with Gasteiger partial charge in [-0.25, -0.2) is 4.39 Å². The third-order valence-corrected chi connectivity index (χ3v) is 4.38. The molecule has 0 aliphatic rings. The van der Waals surface area contributed by atoms with Crippen LogP contribution in [0.3, 0.4) is 0 Å². The molecule has 20 heavy (non-hydrogen) atoms. The lowest BCUT2D eigenvalue weighted by Gasteiger charge is -2.36. The molecule has 1 aromatic rings. The Balaban J connectivity index is 2.93. The second kappa shape index (κ2) is 6.91. The molecule has 0 aromatic heterocycles. The van der Waals surface area contributed by atoms with Crippen LogP contribution < -0.4 is 5.32 Å². The van der Waals surface area contributed by atoms with Gasteiger partial charge in [-0.05, 0) is 57.1 Å². The van der Waals surface area contributed by atoms with Crippen molar-refractivity contribution in [2.24, 2.45) is 5.41 Å². The van der Waals surface area contributed by atoms with E-state index in [1.807, 2.05) is 12.1 Å². The SMILES string of the molecule is CCC(CC)(CNC(C)(C)C)Cc1cccc(Cl)c1F. The van der Waals surface area contributed by atoms with E-state index in [1.54, 1.807) is 6.07 Å². The molecule has 1 N–H and O–H groups in total. The van der Waals surface area contributed by atoms with E-state index >= 15 is 0 Å². The molecule has 0 unspecified atom stereocenters. The van der Waals surface area contributed by atoms with Crippen LogP contribution in [0, 0.1) is 11.2 Å². The first-order valence-electron chi connectivity index (χ1n) is 7.41. The van der Waals surface area contributed by atoms with Gasteiger partial charge in [0, 0.05) is 12.1 Å². The van der Waals surface area contributed by atoms with Crippen LogP contribution in [0.1, 0.15) is 53.0 Å². The van der Waals surface area contributed by atoms with Crippen molar-refractivity contribution in [2.45, 2.75) is 59.4 Å². The van der Waals surface area contributed by atoms with Crippen LogP contribution in [0.5, 0.6) is 0 Å². The number of halogens is 2. The molecule has 1 aromatic carbocycles. The van der Waals surface area contributed by atoms with Crippen LogP contribution >= 0.6 is 11.6 Å². The van der Waals surface area contributed by atoms with Crippen molar-refractivity contribution >= 4 is 11.6 Å². The Morgan fingerprint density at radius 3 is 2.25 bits per heavy atom. The standard InChI is InChI=1S/C17H27ClFN/c1-6-17(7-2,12-20-16(3,4)5)11-13-9-8-10-14(18)15(13)19/h8-10,20H,6-7,11-12H2,1-5H3. The maximum Gasteiger partial charge on any atom is 0.144 e. The van der Waals surface area contributed by atoms with Crippen LogP contribution in [0.25, 0.3) is 0 Å². The molecule has 0 atom stereocenters. The van der Waals surface area contributed by atoms with E-state index in [2.05, 4.69) is 39.9 Å². The van der Waals surface area contributed by atoms with Gasteiger partial charge in [-0.1, -0.05) is 37.6 Å². The Labute approximate surface area is 127 Å². The number of rotatable bonds is 6. The fraction of sp³-hybridized carbons (Fsp3) is 0.647. The van der Waals surface area contributed by atoms with Crippen LogP contribution in [0.2, 0.25) is 5.02 Å². The minimum atomic E-state index is -0.267. The second-order valence-electron chi connectivity index (χ2n) is 6.70. The topological polar surface area (TPSA) is 12.0 Å². The van der Waals surface area contributed by atoms with Gasteiger partial charge in [0.25, 0.3) is 0 Å². The quantitative estimate of drug-likeness (QED) is 0.759. The molecule has 0 radical (unpaired) electrons. The summed E-state index contributed by atoms with van der Waals surface area (Å²) in [6, 6.07) is 5.28. The second-order valence-corrected chi connectivity index (χ2v) is 7.11. The Morgan fingerprint density at radius 1 is 1.15 bits per heavy atom. The lowest BCUT2D eigenvalue weighted by atomic mass is 9.76. The number of benzene rings is 1. The number of hydrogen-bond acceptors (Lipinski definition) is 1. The van der Waals surface area contributed by atoms with Gasteiger partial charge in [0.15, 0.2) is 0 Å². The van der Waals surface area contributed by atoms with Gasteiger partial charge in [0.2, 0.25) is 0 Å². The minimum Gasteiger partial charge on any atom is -0.312 e. The van der Waals surface area contributed by atoms with E-state index in [0.29, 0.717) is 0 Å². The molecule has 0 aliphatic carbocycles. The Bertz CT molecular complexity index is 433. The first-order chi connectivity index (χ1) is 9.23. The summed E-state index contributed by atoms with van der Waals surface area (Å²) < 4.78 is 14.1. The summed E-state index contributed by atoms with van der Waals surface area (Å²) in [5.74, 6) is -0.267. The Kier molecular flexibility index (Phi) is 6.03. The van der Waals surface area contributed by atoms with Crippen LogP contribution in [-0.4, -0.2) is 12.1 Å². The van der Waals surface area contributed by atoms with Crippen molar-refractivity contribution in [3.05, 3.63) is 34.6 Å². The van der Waals surface area contributed by atoms with Gasteiger partial charge < -0.3 is 5.32 Å². The molecule has 114 valence electrons. The van der Waals surface area contributed by atoms with Gasteiger partial charge in [-0.15, -0.1) is 0 Å². The van der Waals surface area contributed by atoms with Crippen molar-refractivity contribution in [2.75, 3.05) is 6.54 Å². The third kappa shape index (κ3) is 4.75. The molecule has 0 aliphatic heterocycles. The molecule has 0 saturated heterocycles. The van der Waals surface area contributed by atoms with Crippen LogP contribution in [0.4, 0.5) is 4.39 Å². The Hall–Kier alpha value is -0.600. The maximum atomic E-state index is 14.1. The molecule has 0 saturated carbocycles. The van der Waals surface area contributed by atoms with E-state index in [9.17, 15) is 4.39 Å². The summed E-state index contributed by atoms with van der Waals surface area (Å²) in [4.78, 5) is 0. The Morgan fingerprint density at radius 2 is 1.75 bits per heavy atom. The zero-order chi connectivity index (χ0) is 15.4. The van der Waals surface area contributed by atoms with Gasteiger partial charge in [0.05, 0.1) is 5.02 Å². The van der Waals surface area contributed by atoms with E-state index in [4.69, 9.17) is 11.6 Å². The van der Waals surface area contributed by atoms with Gasteiger partial charge in [-0.3, -0.25) is 0 Å². The van der Waals surface area contributed by atoms with Crippen molar-refractivity contribution in [1.29, 1.82) is 0 Å². The average molecular weight is 300 g/mol. The predicted octanol–water partition coefficient (Wildman–Crippen LogP) is 5.22. The summed E-state index contributed by atoms with van der Waals surface area (Å²) in [7, 11) is 0. The molecule has 1 rings (SSSR count). The van der Waals surface area contributed by atoms with Gasteiger partial charge in [-0.2, -0.15) is 0 Å². The molecule has 0 amide bonds. The molecule has 1 nitrogen and oxygen atoms in total. The number of nitrogens with one attached hydrogen (secondary N) is 1. The highest BCUT2D eigenvalue weighted by Crippen LogP contribution is 2.33. The zero-order valence-electron chi connectivity index (χ0n) is 13.3. The lowest BCUT2D eigenvalue weighted by molar-refractivity contribution is 0.218. The summed E-state index contributed by atoms with van der Waals surface area (Å²) in [6.07, 6.45) is 2.74. The van der Waals surface area contributed by atoms with E-state index in [0.717, 1.165) is 31.4 Å². The predicted molar refractivity (Wildman–Crippen MR) is 85.9 cm³/mol. The van der Waals surface area contributed by atoms with Crippen molar-refractivity contribution in [1.82, 2.24) is 5.32 Å². The summed E-state index contributed by atoms with van der Waals surface area (Å²) >= 11 is 5.89. The summed E-state index contributed by atoms with van der Waals surface area (Å²) in [5.41, 5.74) is 0.860. The van der Waals surface area contributed by atoms with E-state index in [-0.39, 0.29) is 21.8 Å². The van der Waals surface area contributed by atoms with Gasteiger partial charge >= 0.3 is 0 Å². The van der Waals surface area contributed by atoms with E-state index in [1.165, 1.54) is 0 Å². The lowest BCUT2D eigenvalue weighted by Crippen LogP contribution is -2.44. The fourth-order valence-corrected chi connectivity index (χ4v) is 2.55. The minimum absolute atomic E-state index is 0.0683. The zero-order valence-corrected chi connectivity index (χ0v) is 14.1. The van der Waals surface area contributed by atoms with Crippen LogP contribution in [-0.2, 0) is 6.42 Å². The fourth-order valence-electron chi connectivity index (χ4n) is 2.35. The highest BCUT2D eigenvalue weighted by molar-refractivity contribution is 6.30. The molecule has 0 bridgehead atoms. The molecule has 0 heterocycles. The average Bonchev–Trinajstić information content (AvgIpc) is 2.39. The molecule has 0 fully saturated rings. The van der Waals surface area contributed by atoms with E-state index < -0.39 is 0 Å². The van der Waals surface area contributed by atoms with Crippen molar-refractivity contribution < 1.29 is 4.39 Å². The molecular weight excluding hydrogens is 273 g/mol. The smallest absolute Gasteiger partial charge is 0.144 e. The maximum absolute atomic E-state index is 14.1. The van der Waals surface area contributed by atoms with Gasteiger partial charge in [0.1, 0.15) is 5.82 Å². The summed E-state index contributed by atoms with van der Waals surface area (Å²) in [5, 5.41) is 3.78. The molecular formula is C17H27ClFN. The first kappa shape index (κ1) is 17.5. The van der Waals surface area contributed by atoms with Crippen molar-refractivity contribution in [3.8, 4) is 0 Å². The normalized spacial score (nSPS) is 12.8. The monoisotopic (exact) mass is 299 g/mol. The molecule has 0 spiro atoms. The third-order valence-electron chi connectivity index (χ3n) is 4.09. The summed E-state index contributed by atoms with van der Waals surface area (Å²) in [6.45, 7) is 11.7. The van der Waals surface area contributed by atoms with Crippen molar-refractivity contribution in [3.63, 3.8) is 0 Å². The first-order valence-corrected chi connectivity index (χ1v) is 7.79. The molecule has 3 heteroatoms.